The van der Waals surface area contributed by atoms with Crippen molar-refractivity contribution in [3.63, 3.8) is 0 Å². The molecule has 0 aliphatic rings. The highest BCUT2D eigenvalue weighted by atomic mass is 79.9. The Morgan fingerprint density at radius 2 is 2.38 bits per heavy atom. The van der Waals surface area contributed by atoms with Gasteiger partial charge in [0.1, 0.15) is 0 Å². The number of halogens is 1. The van der Waals surface area contributed by atoms with Crippen LogP contribution in [0.1, 0.15) is 0 Å². The molecule has 1 aromatic heterocycles. The zero-order valence-corrected chi connectivity index (χ0v) is 5.77. The molecule has 1 aromatic rings. The number of nitrogens with two attached hydrogens (primary N) is 1. The zero-order chi connectivity index (χ0) is 5.98. The maximum Gasteiger partial charge on any atom is 0.271 e. The third-order valence-electron chi connectivity index (χ3n) is 0.786. The van der Waals surface area contributed by atoms with Gasteiger partial charge in [-0.1, -0.05) is 15.9 Å². The standard InChI is InChI=1S/C5H5BrN2/c6-4-1-2-8-5(7)3-4/h1-3H,(H2,7,8)/p+1. The van der Waals surface area contributed by atoms with Crippen molar-refractivity contribution >= 4 is 21.7 Å². The molecule has 0 saturated heterocycles. The van der Waals surface area contributed by atoms with Crippen LogP contribution in [0.5, 0.6) is 0 Å². The van der Waals surface area contributed by atoms with Crippen molar-refractivity contribution in [1.29, 1.82) is 0 Å². The van der Waals surface area contributed by atoms with E-state index in [4.69, 9.17) is 5.73 Å². The highest BCUT2D eigenvalue weighted by Gasteiger charge is 1.89. The molecule has 0 saturated carbocycles. The van der Waals surface area contributed by atoms with E-state index in [1.165, 1.54) is 0 Å². The van der Waals surface area contributed by atoms with Gasteiger partial charge in [-0.2, -0.15) is 0 Å². The lowest BCUT2D eigenvalue weighted by atomic mass is 10.5. The first-order valence-corrected chi connectivity index (χ1v) is 3.01. The molecule has 0 unspecified atom stereocenters. The van der Waals surface area contributed by atoms with Gasteiger partial charge in [0.2, 0.25) is 0 Å². The van der Waals surface area contributed by atoms with Gasteiger partial charge < -0.3 is 0 Å². The number of rotatable bonds is 0. The van der Waals surface area contributed by atoms with E-state index in [0.717, 1.165) is 4.47 Å². The normalized spacial score (nSPS) is 9.12. The fourth-order valence-corrected chi connectivity index (χ4v) is 0.835. The maximum absolute atomic E-state index is 5.37. The van der Waals surface area contributed by atoms with Crippen molar-refractivity contribution in [2.24, 2.45) is 0 Å². The first-order valence-electron chi connectivity index (χ1n) is 2.22. The molecule has 1 heterocycles. The highest BCUT2D eigenvalue weighted by Crippen LogP contribution is 2.06. The van der Waals surface area contributed by atoms with Crippen LogP contribution in [0, 0.1) is 0 Å². The summed E-state index contributed by atoms with van der Waals surface area (Å²) in [6.45, 7) is 0. The summed E-state index contributed by atoms with van der Waals surface area (Å²) in [5, 5.41) is 0. The highest BCUT2D eigenvalue weighted by molar-refractivity contribution is 9.10. The molecule has 0 bridgehead atoms. The molecule has 0 atom stereocenters. The quantitative estimate of drug-likeness (QED) is 0.622. The Balaban J connectivity index is 3.08. The van der Waals surface area contributed by atoms with Gasteiger partial charge in [-0.3, -0.25) is 5.73 Å². The first kappa shape index (κ1) is 5.56. The van der Waals surface area contributed by atoms with Crippen molar-refractivity contribution in [2.75, 3.05) is 5.73 Å². The predicted molar refractivity (Wildman–Crippen MR) is 35.1 cm³/mol. The van der Waals surface area contributed by atoms with E-state index in [1.807, 2.05) is 6.07 Å². The van der Waals surface area contributed by atoms with Crippen LogP contribution in [0.25, 0.3) is 0 Å². The Hall–Kier alpha value is -0.570. The number of anilines is 1. The predicted octanol–water partition coefficient (Wildman–Crippen LogP) is 0.845. The summed E-state index contributed by atoms with van der Waals surface area (Å²) in [7, 11) is 0. The van der Waals surface area contributed by atoms with Gasteiger partial charge in [0.05, 0.1) is 6.20 Å². The van der Waals surface area contributed by atoms with Crippen LogP contribution < -0.4 is 10.7 Å². The van der Waals surface area contributed by atoms with Crippen molar-refractivity contribution in [3.05, 3.63) is 22.8 Å². The molecule has 42 valence electrons. The lowest BCUT2D eigenvalue weighted by Gasteiger charge is -1.83. The fraction of sp³-hybridized carbons (Fsp3) is 0. The fourth-order valence-electron chi connectivity index (χ4n) is 0.456. The minimum atomic E-state index is 0.666. The van der Waals surface area contributed by atoms with Gasteiger partial charge in [0.25, 0.3) is 5.82 Å². The Morgan fingerprint density at radius 3 is 2.75 bits per heavy atom. The molecule has 3 N–H and O–H groups in total. The Kier molecular flexibility index (Phi) is 1.48. The molecule has 0 radical (unpaired) electrons. The van der Waals surface area contributed by atoms with E-state index in [-0.39, 0.29) is 0 Å². The average molecular weight is 174 g/mol. The number of aromatic nitrogens is 1. The second-order valence-electron chi connectivity index (χ2n) is 1.46. The van der Waals surface area contributed by atoms with Crippen molar-refractivity contribution in [3.8, 4) is 0 Å². The SMILES string of the molecule is Nc1cc(Br)cc[nH+]1. The summed E-state index contributed by atoms with van der Waals surface area (Å²) < 4.78 is 0.994. The van der Waals surface area contributed by atoms with Crippen LogP contribution >= 0.6 is 15.9 Å². The van der Waals surface area contributed by atoms with E-state index in [2.05, 4.69) is 20.9 Å². The van der Waals surface area contributed by atoms with Gasteiger partial charge in [-0.25, -0.2) is 4.98 Å². The monoisotopic (exact) mass is 173 g/mol. The van der Waals surface area contributed by atoms with Crippen molar-refractivity contribution in [2.45, 2.75) is 0 Å². The first-order chi connectivity index (χ1) is 3.79. The molecule has 0 amide bonds. The number of H-pyrrole nitrogens is 1. The molecule has 1 rings (SSSR count). The van der Waals surface area contributed by atoms with Crippen LogP contribution in [0.4, 0.5) is 5.82 Å². The number of aromatic amines is 1. The number of nitrogen functional groups attached to an aromatic ring is 1. The van der Waals surface area contributed by atoms with Crippen molar-refractivity contribution < 1.29 is 4.98 Å². The molecule has 2 nitrogen and oxygen atoms in total. The average Bonchev–Trinajstić information content (AvgIpc) is 1.64. The van der Waals surface area contributed by atoms with E-state index in [9.17, 15) is 0 Å². The second-order valence-corrected chi connectivity index (χ2v) is 2.38. The van der Waals surface area contributed by atoms with Crippen LogP contribution in [0.2, 0.25) is 0 Å². The molecule has 0 aromatic carbocycles. The van der Waals surface area contributed by atoms with Crippen molar-refractivity contribution in [1.82, 2.24) is 0 Å². The molecule has 0 aliphatic carbocycles. The van der Waals surface area contributed by atoms with E-state index < -0.39 is 0 Å². The topological polar surface area (TPSA) is 40.2 Å². The number of nitrogens with one attached hydrogen (secondary N) is 1. The Morgan fingerprint density at radius 1 is 1.62 bits per heavy atom. The van der Waals surface area contributed by atoms with Gasteiger partial charge in [0, 0.05) is 10.5 Å². The molecule has 0 fully saturated rings. The molecule has 0 spiro atoms. The summed E-state index contributed by atoms with van der Waals surface area (Å²) >= 11 is 3.26. The lowest BCUT2D eigenvalue weighted by Crippen LogP contribution is -2.07. The van der Waals surface area contributed by atoms with Gasteiger partial charge >= 0.3 is 0 Å². The summed E-state index contributed by atoms with van der Waals surface area (Å²) in [5.41, 5.74) is 5.37. The second kappa shape index (κ2) is 2.13. The largest absolute Gasteiger partial charge is 0.287 e. The summed E-state index contributed by atoms with van der Waals surface area (Å²) in [6, 6.07) is 3.69. The van der Waals surface area contributed by atoms with Crippen LogP contribution in [0.15, 0.2) is 22.8 Å². The Labute approximate surface area is 55.9 Å². The number of hydrogen-bond donors (Lipinski definition) is 1. The van der Waals surface area contributed by atoms with E-state index >= 15 is 0 Å². The summed E-state index contributed by atoms with van der Waals surface area (Å²) in [4.78, 5) is 2.82. The number of hydrogen-bond acceptors (Lipinski definition) is 1. The molecular formula is C5H6BrN2+. The van der Waals surface area contributed by atoms with Crippen LogP contribution in [0.3, 0.4) is 0 Å². The summed E-state index contributed by atoms with van der Waals surface area (Å²) in [5.74, 6) is 0.666. The lowest BCUT2D eigenvalue weighted by molar-refractivity contribution is -0.360. The van der Waals surface area contributed by atoms with Gasteiger partial charge in [-0.05, 0) is 6.07 Å². The molecule has 3 heteroatoms. The zero-order valence-electron chi connectivity index (χ0n) is 4.19. The van der Waals surface area contributed by atoms with Crippen LogP contribution in [-0.2, 0) is 0 Å². The summed E-state index contributed by atoms with van der Waals surface area (Å²) in [6.07, 6.45) is 1.78. The number of pyridine rings is 1. The smallest absolute Gasteiger partial charge is 0.271 e. The molecule has 8 heavy (non-hydrogen) atoms. The third kappa shape index (κ3) is 1.20. The Bertz CT molecular complexity index is 170. The van der Waals surface area contributed by atoms with E-state index in [1.54, 1.807) is 12.3 Å². The van der Waals surface area contributed by atoms with Crippen LogP contribution in [-0.4, -0.2) is 0 Å². The maximum atomic E-state index is 5.37. The molecular weight excluding hydrogens is 168 g/mol. The third-order valence-corrected chi connectivity index (χ3v) is 1.28. The minimum absolute atomic E-state index is 0.666. The van der Waals surface area contributed by atoms with Gasteiger partial charge in [-0.15, -0.1) is 0 Å². The molecule has 0 aliphatic heterocycles. The van der Waals surface area contributed by atoms with Gasteiger partial charge in [0.15, 0.2) is 0 Å². The van der Waals surface area contributed by atoms with E-state index in [0.29, 0.717) is 5.82 Å². The minimum Gasteiger partial charge on any atom is -0.287 e.